The smallest absolute Gasteiger partial charge is 0.244 e. The topological polar surface area (TPSA) is 92.5 Å². The molecule has 0 bridgehead atoms. The minimum absolute atomic E-state index is 0.0496. The van der Waals surface area contributed by atoms with Crippen molar-refractivity contribution < 1.29 is 13.2 Å². The zero-order valence-corrected chi connectivity index (χ0v) is 13.1. The maximum Gasteiger partial charge on any atom is 0.244 e. The van der Waals surface area contributed by atoms with E-state index in [1.54, 1.807) is 6.92 Å². The highest BCUT2D eigenvalue weighted by atomic mass is 35.5. The van der Waals surface area contributed by atoms with E-state index >= 15 is 0 Å². The number of nitrogens with one attached hydrogen (secondary N) is 1. The number of rotatable bonds is 5. The van der Waals surface area contributed by atoms with Gasteiger partial charge in [0.2, 0.25) is 15.9 Å². The first-order valence-electron chi connectivity index (χ1n) is 5.93. The molecule has 0 aliphatic carbocycles. The normalized spacial score (nSPS) is 13.2. The molecule has 1 atom stereocenters. The first-order valence-corrected chi connectivity index (χ1v) is 7.75. The lowest BCUT2D eigenvalue weighted by Gasteiger charge is -2.21. The van der Waals surface area contributed by atoms with Crippen molar-refractivity contribution in [2.24, 2.45) is 5.92 Å². The molecule has 0 saturated heterocycles. The maximum absolute atomic E-state index is 12.4. The molecule has 1 unspecified atom stereocenters. The van der Waals surface area contributed by atoms with E-state index in [4.69, 9.17) is 17.3 Å². The average Bonchev–Trinajstić information content (AvgIpc) is 2.40. The number of hydrogen-bond acceptors (Lipinski definition) is 4. The second-order valence-corrected chi connectivity index (χ2v) is 6.93. The highest BCUT2D eigenvalue weighted by molar-refractivity contribution is 7.89. The standard InChI is InChI=1S/C12H18ClN3O3S/c1-8(12(17)15-2)7-16(3)20(18,19)11-6-9(13)4-5-10(11)14/h4-6,8H,7,14H2,1-3H3,(H,15,17). The lowest BCUT2D eigenvalue weighted by molar-refractivity contribution is -0.124. The molecule has 0 aromatic heterocycles. The Labute approximate surface area is 123 Å². The van der Waals surface area contributed by atoms with Gasteiger partial charge in [0, 0.05) is 31.6 Å². The van der Waals surface area contributed by atoms with Gasteiger partial charge in [-0.1, -0.05) is 18.5 Å². The van der Waals surface area contributed by atoms with Gasteiger partial charge in [-0.05, 0) is 18.2 Å². The third kappa shape index (κ3) is 3.62. The number of nitrogen functional groups attached to an aromatic ring is 1. The number of benzene rings is 1. The van der Waals surface area contributed by atoms with E-state index in [1.165, 1.54) is 32.3 Å². The summed E-state index contributed by atoms with van der Waals surface area (Å²) in [4.78, 5) is 11.4. The number of amides is 1. The number of nitrogens with two attached hydrogens (primary N) is 1. The molecular weight excluding hydrogens is 302 g/mol. The molecule has 3 N–H and O–H groups in total. The monoisotopic (exact) mass is 319 g/mol. The van der Waals surface area contributed by atoms with Gasteiger partial charge in [-0.2, -0.15) is 0 Å². The fourth-order valence-corrected chi connectivity index (χ4v) is 3.35. The van der Waals surface area contributed by atoms with Crippen LogP contribution < -0.4 is 11.1 Å². The highest BCUT2D eigenvalue weighted by Crippen LogP contribution is 2.25. The number of halogens is 1. The van der Waals surface area contributed by atoms with Crippen molar-refractivity contribution in [3.05, 3.63) is 23.2 Å². The van der Waals surface area contributed by atoms with Crippen LogP contribution in [0, 0.1) is 5.92 Å². The molecule has 1 amide bonds. The van der Waals surface area contributed by atoms with Crippen molar-refractivity contribution in [2.45, 2.75) is 11.8 Å². The molecule has 112 valence electrons. The lowest BCUT2D eigenvalue weighted by atomic mass is 10.2. The van der Waals surface area contributed by atoms with Crippen LogP contribution in [0.2, 0.25) is 5.02 Å². The molecule has 1 aromatic carbocycles. The Kier molecular flexibility index (Phi) is 5.38. The second kappa shape index (κ2) is 6.43. The minimum Gasteiger partial charge on any atom is -0.398 e. The molecular formula is C12H18ClN3O3S. The van der Waals surface area contributed by atoms with Crippen LogP contribution >= 0.6 is 11.6 Å². The summed E-state index contributed by atoms with van der Waals surface area (Å²) in [6.07, 6.45) is 0. The SMILES string of the molecule is CNC(=O)C(C)CN(C)S(=O)(=O)c1cc(Cl)ccc1N. The van der Waals surface area contributed by atoms with Crippen molar-refractivity contribution in [1.82, 2.24) is 9.62 Å². The molecule has 0 radical (unpaired) electrons. The number of nitrogens with zero attached hydrogens (tertiary/aromatic N) is 1. The quantitative estimate of drug-likeness (QED) is 0.789. The molecule has 0 spiro atoms. The summed E-state index contributed by atoms with van der Waals surface area (Å²) in [6, 6.07) is 4.25. The summed E-state index contributed by atoms with van der Waals surface area (Å²) in [7, 11) is -0.885. The number of carbonyl (C=O) groups is 1. The van der Waals surface area contributed by atoms with Crippen LogP contribution in [0.3, 0.4) is 0 Å². The van der Waals surface area contributed by atoms with Crippen molar-refractivity contribution in [1.29, 1.82) is 0 Å². The third-order valence-corrected chi connectivity index (χ3v) is 5.00. The summed E-state index contributed by atoms with van der Waals surface area (Å²) in [5.74, 6) is -0.703. The lowest BCUT2D eigenvalue weighted by Crippen LogP contribution is -2.37. The van der Waals surface area contributed by atoms with Crippen molar-refractivity contribution in [2.75, 3.05) is 26.4 Å². The van der Waals surface area contributed by atoms with Gasteiger partial charge < -0.3 is 11.1 Å². The Morgan fingerprint density at radius 2 is 2.10 bits per heavy atom. The fraction of sp³-hybridized carbons (Fsp3) is 0.417. The van der Waals surface area contributed by atoms with Crippen LogP contribution in [0.4, 0.5) is 5.69 Å². The van der Waals surface area contributed by atoms with Gasteiger partial charge in [-0.25, -0.2) is 12.7 Å². The van der Waals surface area contributed by atoms with E-state index in [0.29, 0.717) is 0 Å². The zero-order valence-electron chi connectivity index (χ0n) is 11.6. The third-order valence-electron chi connectivity index (χ3n) is 2.89. The predicted molar refractivity (Wildman–Crippen MR) is 78.9 cm³/mol. The summed E-state index contributed by atoms with van der Waals surface area (Å²) < 4.78 is 25.9. The summed E-state index contributed by atoms with van der Waals surface area (Å²) >= 11 is 5.80. The summed E-state index contributed by atoms with van der Waals surface area (Å²) in [6.45, 7) is 1.69. The van der Waals surface area contributed by atoms with Crippen molar-refractivity contribution >= 4 is 33.2 Å². The largest absolute Gasteiger partial charge is 0.398 e. The van der Waals surface area contributed by atoms with Crippen LogP contribution in [0.25, 0.3) is 0 Å². The number of hydrogen-bond donors (Lipinski definition) is 2. The highest BCUT2D eigenvalue weighted by Gasteiger charge is 2.26. The summed E-state index contributed by atoms with van der Waals surface area (Å²) in [5.41, 5.74) is 5.81. The molecule has 0 heterocycles. The van der Waals surface area contributed by atoms with E-state index in [9.17, 15) is 13.2 Å². The maximum atomic E-state index is 12.4. The zero-order chi connectivity index (χ0) is 15.5. The summed E-state index contributed by atoms with van der Waals surface area (Å²) in [5, 5.41) is 2.76. The van der Waals surface area contributed by atoms with E-state index in [1.807, 2.05) is 0 Å². The molecule has 1 rings (SSSR count). The molecule has 0 saturated carbocycles. The fourth-order valence-electron chi connectivity index (χ4n) is 1.71. The molecule has 0 fully saturated rings. The number of carbonyl (C=O) groups excluding carboxylic acids is 1. The van der Waals surface area contributed by atoms with Gasteiger partial charge in [0.25, 0.3) is 0 Å². The van der Waals surface area contributed by atoms with Gasteiger partial charge in [0.05, 0.1) is 5.69 Å². The van der Waals surface area contributed by atoms with Gasteiger partial charge in [-0.3, -0.25) is 4.79 Å². The Balaban J connectivity index is 3.04. The molecule has 6 nitrogen and oxygen atoms in total. The first-order chi connectivity index (χ1) is 9.20. The number of anilines is 1. The van der Waals surface area contributed by atoms with Gasteiger partial charge in [-0.15, -0.1) is 0 Å². The Morgan fingerprint density at radius 1 is 1.50 bits per heavy atom. The van der Waals surface area contributed by atoms with E-state index in [0.717, 1.165) is 4.31 Å². The Hall–Kier alpha value is -1.31. The molecule has 0 aliphatic heterocycles. The van der Waals surface area contributed by atoms with Gasteiger partial charge in [0.1, 0.15) is 4.90 Å². The van der Waals surface area contributed by atoms with E-state index < -0.39 is 15.9 Å². The van der Waals surface area contributed by atoms with E-state index in [-0.39, 0.29) is 28.1 Å². The predicted octanol–water partition coefficient (Wildman–Crippen LogP) is 0.925. The van der Waals surface area contributed by atoms with Crippen LogP contribution in [0.1, 0.15) is 6.92 Å². The number of sulfonamides is 1. The molecule has 20 heavy (non-hydrogen) atoms. The van der Waals surface area contributed by atoms with Crippen LogP contribution in [-0.2, 0) is 14.8 Å². The molecule has 8 heteroatoms. The van der Waals surface area contributed by atoms with Crippen LogP contribution in [0.15, 0.2) is 23.1 Å². The molecule has 0 aliphatic rings. The average molecular weight is 320 g/mol. The Morgan fingerprint density at radius 3 is 2.65 bits per heavy atom. The Bertz CT molecular complexity index is 604. The van der Waals surface area contributed by atoms with E-state index in [2.05, 4.69) is 5.32 Å². The van der Waals surface area contributed by atoms with Gasteiger partial charge in [0.15, 0.2) is 0 Å². The van der Waals surface area contributed by atoms with Crippen LogP contribution in [-0.4, -0.2) is 39.3 Å². The minimum atomic E-state index is -3.79. The molecule has 1 aromatic rings. The van der Waals surface area contributed by atoms with Crippen LogP contribution in [0.5, 0.6) is 0 Å². The van der Waals surface area contributed by atoms with Gasteiger partial charge >= 0.3 is 0 Å². The second-order valence-electron chi connectivity index (χ2n) is 4.48. The first kappa shape index (κ1) is 16.7. The van der Waals surface area contributed by atoms with Crippen molar-refractivity contribution in [3.8, 4) is 0 Å². The van der Waals surface area contributed by atoms with Crippen molar-refractivity contribution in [3.63, 3.8) is 0 Å².